The summed E-state index contributed by atoms with van der Waals surface area (Å²) in [6.07, 6.45) is 0.262. The van der Waals surface area contributed by atoms with Crippen molar-refractivity contribution in [1.29, 1.82) is 0 Å². The lowest BCUT2D eigenvalue weighted by atomic mass is 9.86. The van der Waals surface area contributed by atoms with Gasteiger partial charge in [0.1, 0.15) is 5.82 Å². The Kier molecular flexibility index (Phi) is 2.23. The lowest BCUT2D eigenvalue weighted by Crippen LogP contribution is -2.25. The Balaban J connectivity index is 2.20. The number of nitrogens with one attached hydrogen (secondary N) is 1. The number of rotatable bonds is 1. The molecule has 92 valence electrons. The molecule has 1 unspecified atom stereocenters. The molecule has 1 heterocycles. The normalized spacial score (nSPS) is 18.9. The number of H-pyrrole nitrogens is 1. The van der Waals surface area contributed by atoms with Crippen LogP contribution < -0.4 is 0 Å². The SMILES string of the molecule is O=C1CC(C(=O)O)Cc2[nH]c3ccc(F)cc3c21. The lowest BCUT2D eigenvalue weighted by Gasteiger charge is -2.17. The van der Waals surface area contributed by atoms with Crippen molar-refractivity contribution in [2.45, 2.75) is 12.8 Å². The third kappa shape index (κ3) is 1.51. The largest absolute Gasteiger partial charge is 0.481 e. The molecule has 2 aromatic rings. The van der Waals surface area contributed by atoms with Gasteiger partial charge in [-0.25, -0.2) is 4.39 Å². The molecule has 2 N–H and O–H groups in total. The minimum atomic E-state index is -0.973. The second-order valence-electron chi connectivity index (χ2n) is 4.54. The number of benzene rings is 1. The first-order valence-electron chi connectivity index (χ1n) is 5.62. The van der Waals surface area contributed by atoms with Crippen molar-refractivity contribution < 1.29 is 19.1 Å². The average molecular weight is 247 g/mol. The number of halogens is 1. The van der Waals surface area contributed by atoms with Gasteiger partial charge in [0.05, 0.1) is 5.92 Å². The lowest BCUT2D eigenvalue weighted by molar-refractivity contribution is -0.141. The molecular weight excluding hydrogens is 237 g/mol. The molecule has 1 atom stereocenters. The smallest absolute Gasteiger partial charge is 0.307 e. The number of Topliss-reactive ketones (excluding diaryl/α,β-unsaturated/α-hetero) is 1. The minimum Gasteiger partial charge on any atom is -0.481 e. The van der Waals surface area contributed by atoms with Gasteiger partial charge in [0.15, 0.2) is 5.78 Å². The number of aromatic amines is 1. The standard InChI is InChI=1S/C13H10FNO3/c14-7-1-2-9-8(5-7)12-10(15-9)3-6(13(17)18)4-11(12)16/h1-2,5-6,15H,3-4H2,(H,17,18). The van der Waals surface area contributed by atoms with Gasteiger partial charge >= 0.3 is 5.97 Å². The van der Waals surface area contributed by atoms with E-state index < -0.39 is 17.7 Å². The predicted molar refractivity (Wildman–Crippen MR) is 62.0 cm³/mol. The second-order valence-corrected chi connectivity index (χ2v) is 4.54. The third-order valence-electron chi connectivity index (χ3n) is 3.35. The van der Waals surface area contributed by atoms with Crippen LogP contribution in [-0.2, 0) is 11.2 Å². The van der Waals surface area contributed by atoms with Gasteiger partial charge in [0, 0.05) is 35.0 Å². The molecule has 1 aliphatic carbocycles. The first-order chi connectivity index (χ1) is 8.56. The Morgan fingerprint density at radius 2 is 2.17 bits per heavy atom. The zero-order valence-electron chi connectivity index (χ0n) is 9.37. The quantitative estimate of drug-likeness (QED) is 0.811. The zero-order valence-corrected chi connectivity index (χ0v) is 9.37. The molecule has 1 aliphatic rings. The summed E-state index contributed by atoms with van der Waals surface area (Å²) in [6.45, 7) is 0. The molecule has 4 nitrogen and oxygen atoms in total. The molecule has 0 spiro atoms. The average Bonchev–Trinajstić information content (AvgIpc) is 2.66. The zero-order chi connectivity index (χ0) is 12.9. The van der Waals surface area contributed by atoms with Crippen LogP contribution >= 0.6 is 0 Å². The maximum Gasteiger partial charge on any atom is 0.307 e. The van der Waals surface area contributed by atoms with Crippen LogP contribution in [0.2, 0.25) is 0 Å². The molecule has 0 fully saturated rings. The highest BCUT2D eigenvalue weighted by Crippen LogP contribution is 2.32. The molecule has 1 aromatic carbocycles. The molecule has 3 rings (SSSR count). The first kappa shape index (κ1) is 11.0. The van der Waals surface area contributed by atoms with Crippen LogP contribution in [0.4, 0.5) is 4.39 Å². The number of aromatic nitrogens is 1. The van der Waals surface area contributed by atoms with Crippen LogP contribution in [0.25, 0.3) is 10.9 Å². The molecule has 0 aliphatic heterocycles. The van der Waals surface area contributed by atoms with Crippen molar-refractivity contribution >= 4 is 22.7 Å². The first-order valence-corrected chi connectivity index (χ1v) is 5.62. The third-order valence-corrected chi connectivity index (χ3v) is 3.35. The van der Waals surface area contributed by atoms with E-state index in [0.29, 0.717) is 22.2 Å². The van der Waals surface area contributed by atoms with E-state index in [1.807, 2.05) is 0 Å². The molecular formula is C13H10FNO3. The highest BCUT2D eigenvalue weighted by atomic mass is 19.1. The highest BCUT2D eigenvalue weighted by molar-refractivity contribution is 6.11. The van der Waals surface area contributed by atoms with Crippen molar-refractivity contribution in [3.63, 3.8) is 0 Å². The van der Waals surface area contributed by atoms with Crippen LogP contribution in [0.15, 0.2) is 18.2 Å². The van der Waals surface area contributed by atoms with Gasteiger partial charge in [0.2, 0.25) is 0 Å². The van der Waals surface area contributed by atoms with Gasteiger partial charge < -0.3 is 10.1 Å². The van der Waals surface area contributed by atoms with Gasteiger partial charge in [-0.3, -0.25) is 9.59 Å². The number of carboxylic acid groups (broad SMARTS) is 1. The maximum absolute atomic E-state index is 13.2. The van der Waals surface area contributed by atoms with E-state index in [2.05, 4.69) is 4.98 Å². The molecule has 0 bridgehead atoms. The fraction of sp³-hybridized carbons (Fsp3) is 0.231. The Morgan fingerprint density at radius 1 is 1.39 bits per heavy atom. The van der Waals surface area contributed by atoms with Gasteiger partial charge in [0.25, 0.3) is 0 Å². The van der Waals surface area contributed by atoms with E-state index in [1.165, 1.54) is 12.1 Å². The summed E-state index contributed by atoms with van der Waals surface area (Å²) in [5.74, 6) is -2.31. The summed E-state index contributed by atoms with van der Waals surface area (Å²) in [7, 11) is 0. The summed E-state index contributed by atoms with van der Waals surface area (Å²) in [4.78, 5) is 25.9. The summed E-state index contributed by atoms with van der Waals surface area (Å²) in [6, 6.07) is 4.18. The van der Waals surface area contributed by atoms with E-state index in [0.717, 1.165) is 0 Å². The number of hydrogen-bond donors (Lipinski definition) is 2. The van der Waals surface area contributed by atoms with Gasteiger partial charge in [-0.05, 0) is 18.2 Å². The Bertz CT molecular complexity index is 674. The number of carboxylic acids is 1. The number of aliphatic carboxylic acids is 1. The molecule has 1 aromatic heterocycles. The van der Waals surface area contributed by atoms with Crippen LogP contribution in [0, 0.1) is 11.7 Å². The van der Waals surface area contributed by atoms with Crippen molar-refractivity contribution in [3.8, 4) is 0 Å². The number of ketones is 1. The van der Waals surface area contributed by atoms with Gasteiger partial charge in [-0.2, -0.15) is 0 Å². The monoisotopic (exact) mass is 247 g/mol. The summed E-state index contributed by atoms with van der Waals surface area (Å²) < 4.78 is 13.2. The van der Waals surface area contributed by atoms with E-state index in [1.54, 1.807) is 6.07 Å². The molecule has 0 saturated carbocycles. The van der Waals surface area contributed by atoms with E-state index in [9.17, 15) is 14.0 Å². The predicted octanol–water partition coefficient (Wildman–Crippen LogP) is 2.14. The second kappa shape index (κ2) is 3.66. The number of carbonyl (C=O) groups is 2. The summed E-state index contributed by atoms with van der Waals surface area (Å²) in [5.41, 5.74) is 1.71. The number of fused-ring (bicyclic) bond motifs is 3. The maximum atomic E-state index is 13.2. The topological polar surface area (TPSA) is 70.2 Å². The Hall–Kier alpha value is -2.17. The van der Waals surface area contributed by atoms with Crippen molar-refractivity contribution in [3.05, 3.63) is 35.3 Å². The number of carbonyl (C=O) groups excluding carboxylic acids is 1. The minimum absolute atomic E-state index is 0.0220. The fourth-order valence-electron chi connectivity index (χ4n) is 2.51. The number of hydrogen-bond acceptors (Lipinski definition) is 2. The fourth-order valence-corrected chi connectivity index (χ4v) is 2.51. The highest BCUT2D eigenvalue weighted by Gasteiger charge is 2.32. The van der Waals surface area contributed by atoms with Crippen LogP contribution in [0.1, 0.15) is 22.5 Å². The van der Waals surface area contributed by atoms with Crippen LogP contribution in [0.5, 0.6) is 0 Å². The summed E-state index contributed by atoms with van der Waals surface area (Å²) >= 11 is 0. The van der Waals surface area contributed by atoms with Crippen molar-refractivity contribution in [2.24, 2.45) is 5.92 Å². The summed E-state index contributed by atoms with van der Waals surface area (Å²) in [5, 5.41) is 9.52. The Labute approximate surface area is 101 Å². The van der Waals surface area contributed by atoms with Crippen molar-refractivity contribution in [2.75, 3.05) is 0 Å². The van der Waals surface area contributed by atoms with Crippen molar-refractivity contribution in [1.82, 2.24) is 4.98 Å². The van der Waals surface area contributed by atoms with Gasteiger partial charge in [-0.1, -0.05) is 0 Å². The van der Waals surface area contributed by atoms with E-state index in [-0.39, 0.29) is 18.6 Å². The molecule has 0 saturated heterocycles. The molecule has 0 radical (unpaired) electrons. The molecule has 0 amide bonds. The van der Waals surface area contributed by atoms with E-state index >= 15 is 0 Å². The van der Waals surface area contributed by atoms with Crippen LogP contribution in [0.3, 0.4) is 0 Å². The molecule has 18 heavy (non-hydrogen) atoms. The van der Waals surface area contributed by atoms with Gasteiger partial charge in [-0.15, -0.1) is 0 Å². The van der Waals surface area contributed by atoms with Crippen LogP contribution in [-0.4, -0.2) is 21.8 Å². The molecule has 5 heteroatoms. The Morgan fingerprint density at radius 3 is 2.89 bits per heavy atom. The van der Waals surface area contributed by atoms with E-state index in [4.69, 9.17) is 5.11 Å².